The molecule has 1 saturated carbocycles. The van der Waals surface area contributed by atoms with Gasteiger partial charge in [0.25, 0.3) is 0 Å². The normalized spacial score (nSPS) is 15.0. The summed E-state index contributed by atoms with van der Waals surface area (Å²) in [5.74, 6) is 0.930. The Bertz CT molecular complexity index is 377. The number of pyridine rings is 1. The molecule has 0 spiro atoms. The van der Waals surface area contributed by atoms with E-state index in [1.54, 1.807) is 0 Å². The third-order valence-corrected chi connectivity index (χ3v) is 3.40. The fourth-order valence-corrected chi connectivity index (χ4v) is 2.27. The van der Waals surface area contributed by atoms with Gasteiger partial charge in [0, 0.05) is 25.3 Å². The Morgan fingerprint density at radius 2 is 2.29 bits per heavy atom. The molecule has 3 nitrogen and oxygen atoms in total. The zero-order chi connectivity index (χ0) is 12.3. The average Bonchev–Trinajstić information content (AvgIpc) is 3.15. The van der Waals surface area contributed by atoms with E-state index in [0.717, 1.165) is 22.9 Å². The van der Waals surface area contributed by atoms with Gasteiger partial charge < -0.3 is 10.6 Å². The van der Waals surface area contributed by atoms with Gasteiger partial charge in [0.15, 0.2) is 0 Å². The monoisotopic (exact) mass is 253 g/mol. The summed E-state index contributed by atoms with van der Waals surface area (Å²) in [4.78, 5) is 6.83. The summed E-state index contributed by atoms with van der Waals surface area (Å²) in [6.07, 6.45) is 6.75. The van der Waals surface area contributed by atoms with E-state index in [1.807, 2.05) is 12.3 Å². The molecule has 1 aromatic rings. The molecule has 0 saturated heterocycles. The van der Waals surface area contributed by atoms with Crippen LogP contribution in [-0.4, -0.2) is 17.6 Å². The van der Waals surface area contributed by atoms with E-state index in [2.05, 4.69) is 16.8 Å². The minimum Gasteiger partial charge on any atom is -0.352 e. The lowest BCUT2D eigenvalue weighted by Gasteiger charge is -2.24. The standard InChI is InChI=1S/C13H20ClN3/c1-2-3-6-17(11-4-5-11)13-12(14)7-10(8-15)9-16-13/h7,9,11H,2-6,8,15H2,1H3. The summed E-state index contributed by atoms with van der Waals surface area (Å²) >= 11 is 6.29. The number of anilines is 1. The van der Waals surface area contributed by atoms with Crippen LogP contribution in [0.5, 0.6) is 0 Å². The van der Waals surface area contributed by atoms with Gasteiger partial charge in [0.05, 0.1) is 5.02 Å². The minimum atomic E-state index is 0.491. The molecular weight excluding hydrogens is 234 g/mol. The molecule has 2 N–H and O–H groups in total. The lowest BCUT2D eigenvalue weighted by molar-refractivity contribution is 0.704. The van der Waals surface area contributed by atoms with E-state index >= 15 is 0 Å². The zero-order valence-electron chi connectivity index (χ0n) is 10.3. The lowest BCUT2D eigenvalue weighted by atomic mass is 10.2. The van der Waals surface area contributed by atoms with Gasteiger partial charge in [-0.1, -0.05) is 24.9 Å². The molecule has 94 valence electrons. The first-order valence-corrected chi connectivity index (χ1v) is 6.75. The molecule has 1 heterocycles. The van der Waals surface area contributed by atoms with Crippen molar-refractivity contribution in [2.75, 3.05) is 11.4 Å². The molecule has 0 unspecified atom stereocenters. The van der Waals surface area contributed by atoms with Crippen molar-refractivity contribution in [3.8, 4) is 0 Å². The lowest BCUT2D eigenvalue weighted by Crippen LogP contribution is -2.28. The highest BCUT2D eigenvalue weighted by Crippen LogP contribution is 2.34. The van der Waals surface area contributed by atoms with Crippen LogP contribution in [-0.2, 0) is 6.54 Å². The van der Waals surface area contributed by atoms with Crippen molar-refractivity contribution in [3.05, 3.63) is 22.8 Å². The second kappa shape index (κ2) is 5.69. The van der Waals surface area contributed by atoms with Crippen LogP contribution in [0.15, 0.2) is 12.3 Å². The second-order valence-electron chi connectivity index (χ2n) is 4.63. The van der Waals surface area contributed by atoms with E-state index in [-0.39, 0.29) is 0 Å². The summed E-state index contributed by atoms with van der Waals surface area (Å²) in [5.41, 5.74) is 6.58. The maximum Gasteiger partial charge on any atom is 0.147 e. The van der Waals surface area contributed by atoms with E-state index in [1.165, 1.54) is 25.7 Å². The van der Waals surface area contributed by atoms with Crippen LogP contribution < -0.4 is 10.6 Å². The predicted molar refractivity (Wildman–Crippen MR) is 72.4 cm³/mol. The molecule has 1 aliphatic rings. The van der Waals surface area contributed by atoms with Crippen LogP contribution in [0, 0.1) is 0 Å². The molecule has 2 rings (SSSR count). The molecular formula is C13H20ClN3. The van der Waals surface area contributed by atoms with Crippen molar-refractivity contribution in [1.29, 1.82) is 0 Å². The molecule has 0 radical (unpaired) electrons. The van der Waals surface area contributed by atoms with Gasteiger partial charge in [-0.05, 0) is 30.9 Å². The van der Waals surface area contributed by atoms with Gasteiger partial charge in [-0.15, -0.1) is 0 Å². The first-order valence-electron chi connectivity index (χ1n) is 6.37. The van der Waals surface area contributed by atoms with Crippen LogP contribution >= 0.6 is 11.6 Å². The van der Waals surface area contributed by atoms with Crippen molar-refractivity contribution in [2.45, 2.75) is 45.2 Å². The van der Waals surface area contributed by atoms with Crippen LogP contribution in [0.3, 0.4) is 0 Å². The van der Waals surface area contributed by atoms with Crippen molar-refractivity contribution in [1.82, 2.24) is 4.98 Å². The number of halogens is 1. The molecule has 0 bridgehead atoms. The number of rotatable bonds is 6. The Kier molecular flexibility index (Phi) is 4.24. The van der Waals surface area contributed by atoms with Gasteiger partial charge in [-0.3, -0.25) is 0 Å². The Balaban J connectivity index is 2.16. The maximum absolute atomic E-state index is 6.29. The fourth-order valence-electron chi connectivity index (χ4n) is 1.97. The second-order valence-corrected chi connectivity index (χ2v) is 5.04. The molecule has 1 aliphatic carbocycles. The van der Waals surface area contributed by atoms with Gasteiger partial charge in [-0.25, -0.2) is 4.98 Å². The van der Waals surface area contributed by atoms with Crippen LogP contribution in [0.1, 0.15) is 38.2 Å². The molecule has 0 atom stereocenters. The molecule has 4 heteroatoms. The van der Waals surface area contributed by atoms with Gasteiger partial charge in [-0.2, -0.15) is 0 Å². The van der Waals surface area contributed by atoms with Crippen LogP contribution in [0.25, 0.3) is 0 Å². The smallest absolute Gasteiger partial charge is 0.147 e. The fraction of sp³-hybridized carbons (Fsp3) is 0.615. The molecule has 1 aromatic heterocycles. The van der Waals surface area contributed by atoms with Crippen LogP contribution in [0.4, 0.5) is 5.82 Å². The Hall–Kier alpha value is -0.800. The third-order valence-electron chi connectivity index (χ3n) is 3.13. The first kappa shape index (κ1) is 12.7. The Labute approximate surface area is 108 Å². The minimum absolute atomic E-state index is 0.491. The number of nitrogens with two attached hydrogens (primary N) is 1. The van der Waals surface area contributed by atoms with Gasteiger partial charge in [0.2, 0.25) is 0 Å². The van der Waals surface area contributed by atoms with E-state index in [0.29, 0.717) is 12.6 Å². The number of aromatic nitrogens is 1. The Morgan fingerprint density at radius 1 is 1.53 bits per heavy atom. The van der Waals surface area contributed by atoms with E-state index in [9.17, 15) is 0 Å². The van der Waals surface area contributed by atoms with E-state index in [4.69, 9.17) is 17.3 Å². The quantitative estimate of drug-likeness (QED) is 0.848. The largest absolute Gasteiger partial charge is 0.352 e. The van der Waals surface area contributed by atoms with Crippen molar-refractivity contribution >= 4 is 17.4 Å². The topological polar surface area (TPSA) is 42.2 Å². The van der Waals surface area contributed by atoms with Gasteiger partial charge >= 0.3 is 0 Å². The highest BCUT2D eigenvalue weighted by atomic mass is 35.5. The number of unbranched alkanes of at least 4 members (excludes halogenated alkanes) is 1. The summed E-state index contributed by atoms with van der Waals surface area (Å²) in [5, 5.41) is 0.732. The van der Waals surface area contributed by atoms with Crippen molar-refractivity contribution in [3.63, 3.8) is 0 Å². The third kappa shape index (κ3) is 3.11. The highest BCUT2D eigenvalue weighted by Gasteiger charge is 2.30. The number of nitrogens with zero attached hydrogens (tertiary/aromatic N) is 2. The summed E-state index contributed by atoms with van der Waals surface area (Å²) in [6, 6.07) is 2.58. The predicted octanol–water partition coefficient (Wildman–Crippen LogP) is 2.96. The maximum atomic E-state index is 6.29. The van der Waals surface area contributed by atoms with Crippen LogP contribution in [0.2, 0.25) is 5.02 Å². The first-order chi connectivity index (χ1) is 8.26. The molecule has 0 aromatic carbocycles. The summed E-state index contributed by atoms with van der Waals surface area (Å²) in [6.45, 7) is 3.75. The highest BCUT2D eigenvalue weighted by molar-refractivity contribution is 6.33. The summed E-state index contributed by atoms with van der Waals surface area (Å²) < 4.78 is 0. The molecule has 0 aliphatic heterocycles. The average molecular weight is 254 g/mol. The Morgan fingerprint density at radius 3 is 2.82 bits per heavy atom. The van der Waals surface area contributed by atoms with Crippen molar-refractivity contribution < 1.29 is 0 Å². The molecule has 17 heavy (non-hydrogen) atoms. The van der Waals surface area contributed by atoms with E-state index < -0.39 is 0 Å². The summed E-state index contributed by atoms with van der Waals surface area (Å²) in [7, 11) is 0. The SMILES string of the molecule is CCCCN(c1ncc(CN)cc1Cl)C1CC1. The number of hydrogen-bond acceptors (Lipinski definition) is 3. The van der Waals surface area contributed by atoms with Crippen molar-refractivity contribution in [2.24, 2.45) is 5.73 Å². The zero-order valence-corrected chi connectivity index (χ0v) is 11.1. The van der Waals surface area contributed by atoms with Gasteiger partial charge in [0.1, 0.15) is 5.82 Å². The number of hydrogen-bond donors (Lipinski definition) is 1. The molecule has 0 amide bonds. The molecule has 1 fully saturated rings.